The minimum Gasteiger partial charge on any atom is -0.493 e. The minimum atomic E-state index is -0.272. The van der Waals surface area contributed by atoms with Crippen LogP contribution in [0.25, 0.3) is 6.08 Å². The second-order valence-corrected chi connectivity index (χ2v) is 9.06. The van der Waals surface area contributed by atoms with Crippen LogP contribution in [0.1, 0.15) is 37.0 Å². The van der Waals surface area contributed by atoms with Gasteiger partial charge in [0.25, 0.3) is 11.1 Å². The summed E-state index contributed by atoms with van der Waals surface area (Å²) in [5, 5.41) is 9.01. The molecule has 0 radical (unpaired) electrons. The summed E-state index contributed by atoms with van der Waals surface area (Å²) in [5.41, 5.74) is 2.08. The first-order chi connectivity index (χ1) is 14.9. The largest absolute Gasteiger partial charge is 0.493 e. The maximum absolute atomic E-state index is 12.7. The van der Waals surface area contributed by atoms with Crippen LogP contribution in [0.3, 0.4) is 0 Å². The summed E-state index contributed by atoms with van der Waals surface area (Å²) in [7, 11) is 1.54. The molecule has 0 N–H and O–H groups in total. The van der Waals surface area contributed by atoms with E-state index in [1.807, 2.05) is 38.1 Å². The standard InChI is InChI=1S/C23H21IN2O4S/c1-4-14(2)26-22(27)20(31-23(26)28)11-15-9-18(24)21(19(10-15)29-3)30-13-17-8-6-5-7-16(17)12-25/h5-11,14H,4,13H2,1-3H3/b20-11+. The Hall–Kier alpha value is -2.51. The first-order valence-electron chi connectivity index (χ1n) is 9.65. The smallest absolute Gasteiger partial charge is 0.293 e. The Morgan fingerprint density at radius 2 is 2.03 bits per heavy atom. The summed E-state index contributed by atoms with van der Waals surface area (Å²) >= 11 is 3.09. The molecule has 160 valence electrons. The number of amides is 2. The van der Waals surface area contributed by atoms with Crippen molar-refractivity contribution in [2.75, 3.05) is 7.11 Å². The van der Waals surface area contributed by atoms with E-state index in [4.69, 9.17) is 9.47 Å². The number of ether oxygens (including phenoxy) is 2. The molecule has 1 atom stereocenters. The number of benzene rings is 2. The van der Waals surface area contributed by atoms with Gasteiger partial charge in [-0.15, -0.1) is 0 Å². The number of rotatable bonds is 7. The number of carbonyl (C=O) groups is 2. The number of nitriles is 1. The summed E-state index contributed by atoms with van der Waals surface area (Å²) in [6.45, 7) is 4.03. The minimum absolute atomic E-state index is 0.139. The number of nitrogens with zero attached hydrogens (tertiary/aromatic N) is 2. The van der Waals surface area contributed by atoms with E-state index in [1.54, 1.807) is 25.3 Å². The lowest BCUT2D eigenvalue weighted by molar-refractivity contribution is -0.124. The summed E-state index contributed by atoms with van der Waals surface area (Å²) in [5.74, 6) is 0.793. The summed E-state index contributed by atoms with van der Waals surface area (Å²) in [6.07, 6.45) is 2.41. The fourth-order valence-corrected chi connectivity index (χ4v) is 4.77. The van der Waals surface area contributed by atoms with Crippen molar-refractivity contribution >= 4 is 51.6 Å². The van der Waals surface area contributed by atoms with Crippen LogP contribution in [-0.4, -0.2) is 29.2 Å². The van der Waals surface area contributed by atoms with Crippen molar-refractivity contribution < 1.29 is 19.1 Å². The van der Waals surface area contributed by atoms with E-state index >= 15 is 0 Å². The summed E-state index contributed by atoms with van der Waals surface area (Å²) in [4.78, 5) is 26.6. The molecule has 1 heterocycles. The molecule has 0 spiro atoms. The van der Waals surface area contributed by atoms with Crippen molar-refractivity contribution in [2.24, 2.45) is 0 Å². The van der Waals surface area contributed by atoms with E-state index in [-0.39, 0.29) is 23.8 Å². The number of methoxy groups -OCH3 is 1. The predicted octanol–water partition coefficient (Wildman–Crippen LogP) is 5.59. The van der Waals surface area contributed by atoms with E-state index in [2.05, 4.69) is 28.7 Å². The van der Waals surface area contributed by atoms with Gasteiger partial charge in [-0.1, -0.05) is 25.1 Å². The number of imide groups is 1. The molecule has 1 aliphatic heterocycles. The fourth-order valence-electron chi connectivity index (χ4n) is 3.06. The highest BCUT2D eigenvalue weighted by atomic mass is 127. The number of hydrogen-bond acceptors (Lipinski definition) is 6. The van der Waals surface area contributed by atoms with Gasteiger partial charge in [-0.2, -0.15) is 5.26 Å². The van der Waals surface area contributed by atoms with Gasteiger partial charge in [-0.25, -0.2) is 0 Å². The van der Waals surface area contributed by atoms with Crippen molar-refractivity contribution in [3.8, 4) is 17.6 Å². The van der Waals surface area contributed by atoms with Crippen LogP contribution in [0.4, 0.5) is 4.79 Å². The average molecular weight is 548 g/mol. The molecule has 0 aliphatic carbocycles. The number of thioether (sulfide) groups is 1. The quantitative estimate of drug-likeness (QED) is 0.332. The Bertz CT molecular complexity index is 1090. The van der Waals surface area contributed by atoms with Crippen LogP contribution in [0.15, 0.2) is 41.3 Å². The zero-order valence-corrected chi connectivity index (χ0v) is 20.3. The lowest BCUT2D eigenvalue weighted by atomic mass is 10.1. The van der Waals surface area contributed by atoms with Gasteiger partial charge in [-0.05, 0) is 77.5 Å². The Morgan fingerprint density at radius 3 is 2.71 bits per heavy atom. The zero-order chi connectivity index (χ0) is 22.5. The molecule has 1 aliphatic rings. The van der Waals surface area contributed by atoms with Crippen molar-refractivity contribution in [1.82, 2.24) is 4.90 Å². The molecule has 0 bridgehead atoms. The van der Waals surface area contributed by atoms with Crippen molar-refractivity contribution in [1.29, 1.82) is 5.26 Å². The highest BCUT2D eigenvalue weighted by molar-refractivity contribution is 14.1. The maximum atomic E-state index is 12.7. The van der Waals surface area contributed by atoms with Gasteiger partial charge >= 0.3 is 0 Å². The molecule has 2 aromatic rings. The molecule has 1 unspecified atom stereocenters. The predicted molar refractivity (Wildman–Crippen MR) is 129 cm³/mol. The van der Waals surface area contributed by atoms with Gasteiger partial charge < -0.3 is 9.47 Å². The molecule has 3 rings (SSSR count). The topological polar surface area (TPSA) is 79.6 Å². The second kappa shape index (κ2) is 10.2. The molecule has 31 heavy (non-hydrogen) atoms. The lowest BCUT2D eigenvalue weighted by Gasteiger charge is -2.19. The third-order valence-electron chi connectivity index (χ3n) is 4.91. The van der Waals surface area contributed by atoms with Crippen molar-refractivity contribution in [3.05, 3.63) is 61.6 Å². The number of hydrogen-bond donors (Lipinski definition) is 0. The molecular formula is C23H21IN2O4S. The molecule has 0 saturated carbocycles. The van der Waals surface area contributed by atoms with Gasteiger partial charge in [0, 0.05) is 11.6 Å². The van der Waals surface area contributed by atoms with Crippen LogP contribution >= 0.6 is 34.4 Å². The maximum Gasteiger partial charge on any atom is 0.293 e. The molecule has 6 nitrogen and oxygen atoms in total. The average Bonchev–Trinajstić information content (AvgIpc) is 3.04. The molecule has 2 aromatic carbocycles. The monoisotopic (exact) mass is 548 g/mol. The highest BCUT2D eigenvalue weighted by Gasteiger charge is 2.37. The SMILES string of the molecule is CCC(C)N1C(=O)S/C(=C/c2cc(I)c(OCc3ccccc3C#N)c(OC)c2)C1=O. The Morgan fingerprint density at radius 1 is 1.29 bits per heavy atom. The highest BCUT2D eigenvalue weighted by Crippen LogP contribution is 2.38. The Labute approximate surface area is 199 Å². The molecular weight excluding hydrogens is 527 g/mol. The van der Waals surface area contributed by atoms with Crippen LogP contribution in [0, 0.1) is 14.9 Å². The number of halogens is 1. The normalized spacial score (nSPS) is 15.8. The van der Waals surface area contributed by atoms with Crippen molar-refractivity contribution in [2.45, 2.75) is 32.9 Å². The van der Waals surface area contributed by atoms with E-state index in [0.717, 1.165) is 26.5 Å². The fraction of sp³-hybridized carbons (Fsp3) is 0.261. The molecule has 8 heteroatoms. The first kappa shape index (κ1) is 23.2. The number of carbonyl (C=O) groups excluding carboxylic acids is 2. The van der Waals surface area contributed by atoms with Gasteiger partial charge in [0.05, 0.1) is 27.2 Å². The van der Waals surface area contributed by atoms with Gasteiger partial charge in [0.2, 0.25) is 0 Å². The van der Waals surface area contributed by atoms with Crippen LogP contribution in [0.5, 0.6) is 11.5 Å². The van der Waals surface area contributed by atoms with Gasteiger partial charge in [-0.3, -0.25) is 14.5 Å². The molecule has 2 amide bonds. The van der Waals surface area contributed by atoms with E-state index in [9.17, 15) is 14.9 Å². The lowest BCUT2D eigenvalue weighted by Crippen LogP contribution is -2.36. The molecule has 0 aromatic heterocycles. The first-order valence-corrected chi connectivity index (χ1v) is 11.5. The molecule has 1 fully saturated rings. The Kier molecular flexibility index (Phi) is 7.62. The summed E-state index contributed by atoms with van der Waals surface area (Å²) in [6, 6.07) is 12.9. The van der Waals surface area contributed by atoms with Gasteiger partial charge in [0.15, 0.2) is 11.5 Å². The van der Waals surface area contributed by atoms with Crippen LogP contribution < -0.4 is 9.47 Å². The van der Waals surface area contributed by atoms with E-state index < -0.39 is 0 Å². The van der Waals surface area contributed by atoms with Crippen LogP contribution in [-0.2, 0) is 11.4 Å². The van der Waals surface area contributed by atoms with E-state index in [1.165, 1.54) is 4.90 Å². The van der Waals surface area contributed by atoms with E-state index in [0.29, 0.717) is 28.4 Å². The zero-order valence-electron chi connectivity index (χ0n) is 17.3. The van der Waals surface area contributed by atoms with Crippen molar-refractivity contribution in [3.63, 3.8) is 0 Å². The summed E-state index contributed by atoms with van der Waals surface area (Å²) < 4.78 is 12.3. The third kappa shape index (κ3) is 5.05. The Balaban J connectivity index is 1.86. The van der Waals surface area contributed by atoms with Gasteiger partial charge in [0.1, 0.15) is 6.61 Å². The second-order valence-electron chi connectivity index (χ2n) is 6.90. The molecule has 1 saturated heterocycles. The third-order valence-corrected chi connectivity index (χ3v) is 6.60. The van der Waals surface area contributed by atoms with Crippen LogP contribution in [0.2, 0.25) is 0 Å².